The van der Waals surface area contributed by atoms with Crippen molar-refractivity contribution in [3.63, 3.8) is 0 Å². The van der Waals surface area contributed by atoms with Gasteiger partial charge in [0.05, 0.1) is 13.2 Å². The molecule has 0 spiro atoms. The summed E-state index contributed by atoms with van der Waals surface area (Å²) in [4.78, 5) is 34.5. The third kappa shape index (κ3) is 3.56. The molecule has 1 saturated heterocycles. The molecule has 3 heterocycles. The van der Waals surface area contributed by atoms with Crippen LogP contribution in [0.2, 0.25) is 5.02 Å². The van der Waals surface area contributed by atoms with E-state index < -0.39 is 12.1 Å². The van der Waals surface area contributed by atoms with Crippen molar-refractivity contribution in [2.24, 2.45) is 0 Å². The zero-order valence-corrected chi connectivity index (χ0v) is 20.0. The van der Waals surface area contributed by atoms with E-state index in [0.29, 0.717) is 23.7 Å². The Hall–Kier alpha value is -3.77. The van der Waals surface area contributed by atoms with Gasteiger partial charge in [0, 0.05) is 34.6 Å². The lowest BCUT2D eigenvalue weighted by atomic mass is 9.86. The molecule has 2 aliphatic heterocycles. The summed E-state index contributed by atoms with van der Waals surface area (Å²) in [7, 11) is 1.62. The number of H-pyrrole nitrogens is 1. The number of halogens is 1. The van der Waals surface area contributed by atoms with E-state index >= 15 is 0 Å². The molecule has 2 aliphatic rings. The number of hydrogen-bond acceptors (Lipinski definition) is 3. The number of piperazine rings is 1. The first-order chi connectivity index (χ1) is 17.0. The molecule has 1 N–H and O–H groups in total. The first-order valence-electron chi connectivity index (χ1n) is 11.6. The number of benzene rings is 3. The average Bonchev–Trinajstić information content (AvgIpc) is 3.25. The highest BCUT2D eigenvalue weighted by Gasteiger charge is 2.48. The molecule has 1 fully saturated rings. The maximum atomic E-state index is 13.8. The van der Waals surface area contributed by atoms with Crippen LogP contribution in [0, 0.1) is 0 Å². The normalized spacial score (nSPS) is 19.6. The predicted octanol–water partition coefficient (Wildman–Crippen LogP) is 4.72. The largest absolute Gasteiger partial charge is 0.497 e. The van der Waals surface area contributed by atoms with Gasteiger partial charge >= 0.3 is 0 Å². The highest BCUT2D eigenvalue weighted by atomic mass is 35.5. The van der Waals surface area contributed by atoms with Crippen LogP contribution in [0.25, 0.3) is 10.9 Å². The fourth-order valence-corrected chi connectivity index (χ4v) is 5.64. The van der Waals surface area contributed by atoms with Crippen molar-refractivity contribution in [2.75, 3.05) is 13.7 Å². The average molecular weight is 486 g/mol. The van der Waals surface area contributed by atoms with Crippen LogP contribution in [0.1, 0.15) is 28.4 Å². The second kappa shape index (κ2) is 8.47. The number of aromatic amines is 1. The summed E-state index contributed by atoms with van der Waals surface area (Å²) in [6.45, 7) is 0.315. The summed E-state index contributed by atoms with van der Waals surface area (Å²) in [5.41, 5.74) is 4.77. The van der Waals surface area contributed by atoms with Gasteiger partial charge in [0.1, 0.15) is 18.3 Å². The number of para-hydroxylation sites is 1. The zero-order chi connectivity index (χ0) is 24.1. The van der Waals surface area contributed by atoms with Gasteiger partial charge in [-0.05, 0) is 41.0 Å². The molecule has 6 rings (SSSR count). The van der Waals surface area contributed by atoms with E-state index in [1.807, 2.05) is 60.7 Å². The van der Waals surface area contributed by atoms with Crippen molar-refractivity contribution >= 4 is 34.3 Å². The Labute approximate surface area is 208 Å². The Balaban J connectivity index is 1.46. The molecule has 2 atom stereocenters. The van der Waals surface area contributed by atoms with Crippen molar-refractivity contribution in [3.8, 4) is 5.75 Å². The van der Waals surface area contributed by atoms with Crippen LogP contribution >= 0.6 is 11.6 Å². The van der Waals surface area contributed by atoms with Gasteiger partial charge in [-0.1, -0.05) is 60.1 Å². The van der Waals surface area contributed by atoms with E-state index in [1.165, 1.54) is 0 Å². The van der Waals surface area contributed by atoms with Crippen LogP contribution in [0.5, 0.6) is 5.75 Å². The molecule has 1 aromatic heterocycles. The molecule has 2 amide bonds. The molecule has 0 bridgehead atoms. The number of amides is 2. The minimum absolute atomic E-state index is 0.0105. The Kier molecular flexibility index (Phi) is 5.26. The second-order valence-corrected chi connectivity index (χ2v) is 9.46. The molecule has 4 aromatic rings. The van der Waals surface area contributed by atoms with Gasteiger partial charge in [-0.3, -0.25) is 9.59 Å². The molecule has 7 heteroatoms. The minimum Gasteiger partial charge on any atom is -0.497 e. The zero-order valence-electron chi connectivity index (χ0n) is 19.2. The molecule has 3 aromatic carbocycles. The smallest absolute Gasteiger partial charge is 0.246 e. The quantitative estimate of drug-likeness (QED) is 0.455. The van der Waals surface area contributed by atoms with E-state index in [2.05, 4.69) is 11.1 Å². The number of rotatable bonds is 4. The number of fused-ring (bicyclic) bond motifs is 4. The number of carbonyl (C=O) groups excluding carboxylic acids is 2. The SMILES string of the molecule is COc1cccc([C@@H]2c3[nH]c4ccccc4c3C[C@H]3C(=O)N(Cc4ccccc4Cl)CC(=O)N23)c1. The molecule has 6 nitrogen and oxygen atoms in total. The fourth-order valence-electron chi connectivity index (χ4n) is 5.45. The van der Waals surface area contributed by atoms with Gasteiger partial charge in [0.2, 0.25) is 11.8 Å². The summed E-state index contributed by atoms with van der Waals surface area (Å²) < 4.78 is 5.47. The highest BCUT2D eigenvalue weighted by Crippen LogP contribution is 2.43. The van der Waals surface area contributed by atoms with Crippen LogP contribution in [0.3, 0.4) is 0 Å². The minimum atomic E-state index is -0.596. The lowest BCUT2D eigenvalue weighted by Crippen LogP contribution is -2.62. The number of methoxy groups -OCH3 is 1. The van der Waals surface area contributed by atoms with E-state index in [0.717, 1.165) is 33.3 Å². The standard InChI is InChI=1S/C28H24ClN3O3/c1-35-19-9-6-8-17(13-19)27-26-21(20-10-3-5-12-23(20)30-26)14-24-28(34)31(16-25(33)32(24)27)15-18-7-2-4-11-22(18)29/h2-13,24,27,30H,14-16H2,1H3/t24-,27+/m0/s1. The lowest BCUT2D eigenvalue weighted by molar-refractivity contribution is -0.159. The van der Waals surface area contributed by atoms with E-state index in [-0.39, 0.29) is 18.4 Å². The van der Waals surface area contributed by atoms with Crippen molar-refractivity contribution < 1.29 is 14.3 Å². The molecule has 0 radical (unpaired) electrons. The molecule has 35 heavy (non-hydrogen) atoms. The van der Waals surface area contributed by atoms with Gasteiger partial charge in [0.25, 0.3) is 0 Å². The van der Waals surface area contributed by atoms with E-state index in [1.54, 1.807) is 23.0 Å². The Morgan fingerprint density at radius 2 is 1.83 bits per heavy atom. The van der Waals surface area contributed by atoms with Crippen LogP contribution in [-0.2, 0) is 22.6 Å². The maximum absolute atomic E-state index is 13.8. The second-order valence-electron chi connectivity index (χ2n) is 9.05. The summed E-state index contributed by atoms with van der Waals surface area (Å²) in [6.07, 6.45) is 0.462. The number of hydrogen-bond donors (Lipinski definition) is 1. The fraction of sp³-hybridized carbons (Fsp3) is 0.214. The maximum Gasteiger partial charge on any atom is 0.246 e. The first kappa shape index (κ1) is 21.7. The highest BCUT2D eigenvalue weighted by molar-refractivity contribution is 6.31. The number of nitrogens with zero attached hydrogens (tertiary/aromatic N) is 2. The van der Waals surface area contributed by atoms with Crippen molar-refractivity contribution in [1.29, 1.82) is 0 Å². The molecular weight excluding hydrogens is 462 g/mol. The lowest BCUT2D eigenvalue weighted by Gasteiger charge is -2.47. The van der Waals surface area contributed by atoms with E-state index in [4.69, 9.17) is 16.3 Å². The third-order valence-electron chi connectivity index (χ3n) is 7.07. The van der Waals surface area contributed by atoms with Crippen LogP contribution in [-0.4, -0.2) is 46.3 Å². The van der Waals surface area contributed by atoms with Crippen molar-refractivity contribution in [3.05, 3.63) is 100 Å². The van der Waals surface area contributed by atoms with Crippen LogP contribution in [0.4, 0.5) is 0 Å². The molecule has 176 valence electrons. The first-order valence-corrected chi connectivity index (χ1v) is 12.0. The summed E-state index contributed by atoms with van der Waals surface area (Å²) in [5.74, 6) is 0.561. The molecular formula is C28H24ClN3O3. The van der Waals surface area contributed by atoms with Gasteiger partial charge in [0.15, 0.2) is 0 Å². The third-order valence-corrected chi connectivity index (χ3v) is 7.44. The summed E-state index contributed by atoms with van der Waals surface area (Å²) in [6, 6.07) is 22.2. The molecule has 0 saturated carbocycles. The molecule has 0 aliphatic carbocycles. The van der Waals surface area contributed by atoms with Crippen LogP contribution in [0.15, 0.2) is 72.8 Å². The topological polar surface area (TPSA) is 65.6 Å². The van der Waals surface area contributed by atoms with E-state index in [9.17, 15) is 9.59 Å². The van der Waals surface area contributed by atoms with Gasteiger partial charge in [-0.2, -0.15) is 0 Å². The number of carbonyl (C=O) groups is 2. The predicted molar refractivity (Wildman–Crippen MR) is 134 cm³/mol. The Morgan fingerprint density at radius 1 is 1.03 bits per heavy atom. The Morgan fingerprint density at radius 3 is 2.66 bits per heavy atom. The summed E-state index contributed by atoms with van der Waals surface area (Å²) >= 11 is 6.37. The van der Waals surface area contributed by atoms with Gasteiger partial charge < -0.3 is 19.5 Å². The summed E-state index contributed by atoms with van der Waals surface area (Å²) in [5, 5.41) is 1.67. The number of aromatic nitrogens is 1. The monoisotopic (exact) mass is 485 g/mol. The van der Waals surface area contributed by atoms with Gasteiger partial charge in [-0.15, -0.1) is 0 Å². The van der Waals surface area contributed by atoms with Crippen LogP contribution < -0.4 is 4.74 Å². The van der Waals surface area contributed by atoms with Gasteiger partial charge in [-0.25, -0.2) is 0 Å². The number of ether oxygens (including phenoxy) is 1. The number of nitrogens with one attached hydrogen (secondary N) is 1. The van der Waals surface area contributed by atoms with Crippen molar-refractivity contribution in [2.45, 2.75) is 25.0 Å². The Bertz CT molecular complexity index is 1460. The van der Waals surface area contributed by atoms with Crippen molar-refractivity contribution in [1.82, 2.24) is 14.8 Å². The molecule has 0 unspecified atom stereocenters.